The van der Waals surface area contributed by atoms with Crippen molar-refractivity contribution in [3.8, 4) is 0 Å². The predicted molar refractivity (Wildman–Crippen MR) is 90.5 cm³/mol. The molecule has 2 rings (SSSR count). The molecule has 0 spiro atoms. The van der Waals surface area contributed by atoms with Gasteiger partial charge in [-0.15, -0.1) is 11.3 Å². The van der Waals surface area contributed by atoms with Crippen LogP contribution in [0.15, 0.2) is 41.9 Å². The topological polar surface area (TPSA) is 42.1 Å². The number of nitrogens with two attached hydrogens (primary N) is 1. The van der Waals surface area contributed by atoms with Crippen molar-refractivity contribution in [3.63, 3.8) is 0 Å². The van der Waals surface area contributed by atoms with Gasteiger partial charge in [-0.2, -0.15) is 0 Å². The molecule has 0 amide bonds. The molecule has 2 aromatic rings. The molecule has 3 unspecified atom stereocenters. The summed E-state index contributed by atoms with van der Waals surface area (Å²) in [7, 11) is 2.16. The van der Waals surface area contributed by atoms with Gasteiger partial charge in [-0.3, -0.25) is 9.88 Å². The van der Waals surface area contributed by atoms with E-state index in [4.69, 9.17) is 5.73 Å². The Bertz CT molecular complexity index is 512. The molecule has 2 N–H and O–H groups in total. The molecule has 3 nitrogen and oxygen atoms in total. The van der Waals surface area contributed by atoms with E-state index in [2.05, 4.69) is 54.4 Å². The first-order chi connectivity index (χ1) is 10.1. The standard InChI is InChI=1S/C17H25N3S/c1-4-15(18)17(16-9-5-6-10-19-16)20(3)13(2)12-14-8-7-11-21-14/h5-11,13,15,17H,4,12,18H2,1-3H3. The number of hydrogen-bond donors (Lipinski definition) is 1. The number of pyridine rings is 1. The lowest BCUT2D eigenvalue weighted by molar-refractivity contribution is 0.154. The van der Waals surface area contributed by atoms with Gasteiger partial charge in [0.1, 0.15) is 0 Å². The van der Waals surface area contributed by atoms with Gasteiger partial charge >= 0.3 is 0 Å². The van der Waals surface area contributed by atoms with E-state index in [1.54, 1.807) is 0 Å². The zero-order valence-corrected chi connectivity index (χ0v) is 13.9. The molecule has 0 aliphatic heterocycles. The summed E-state index contributed by atoms with van der Waals surface area (Å²) in [5, 5.41) is 2.13. The normalized spacial score (nSPS) is 15.9. The SMILES string of the molecule is CCC(N)C(c1ccccn1)N(C)C(C)Cc1cccs1. The number of likely N-dealkylation sites (N-methyl/N-ethyl adjacent to an activating group) is 1. The zero-order valence-electron chi connectivity index (χ0n) is 13.1. The second-order valence-corrected chi connectivity index (χ2v) is 6.60. The van der Waals surface area contributed by atoms with Crippen LogP contribution in [-0.4, -0.2) is 29.0 Å². The summed E-state index contributed by atoms with van der Waals surface area (Å²) >= 11 is 1.82. The van der Waals surface area contributed by atoms with Crippen molar-refractivity contribution < 1.29 is 0 Å². The molecule has 4 heteroatoms. The van der Waals surface area contributed by atoms with Crippen molar-refractivity contribution in [3.05, 3.63) is 52.5 Å². The fourth-order valence-corrected chi connectivity index (χ4v) is 3.47. The lowest BCUT2D eigenvalue weighted by Gasteiger charge is -2.36. The third-order valence-electron chi connectivity index (χ3n) is 4.08. The van der Waals surface area contributed by atoms with Crippen molar-refractivity contribution >= 4 is 11.3 Å². The van der Waals surface area contributed by atoms with E-state index < -0.39 is 0 Å². The van der Waals surface area contributed by atoms with Gasteiger partial charge in [-0.25, -0.2) is 0 Å². The van der Waals surface area contributed by atoms with Crippen LogP contribution in [0.5, 0.6) is 0 Å². The van der Waals surface area contributed by atoms with Crippen LogP contribution in [0.2, 0.25) is 0 Å². The first-order valence-corrected chi connectivity index (χ1v) is 8.42. The molecule has 3 atom stereocenters. The highest BCUT2D eigenvalue weighted by molar-refractivity contribution is 7.09. The molecule has 0 fully saturated rings. The molecule has 0 saturated carbocycles. The van der Waals surface area contributed by atoms with E-state index in [1.165, 1.54) is 4.88 Å². The van der Waals surface area contributed by atoms with E-state index in [0.29, 0.717) is 6.04 Å². The van der Waals surface area contributed by atoms with Crippen LogP contribution in [0, 0.1) is 0 Å². The summed E-state index contributed by atoms with van der Waals surface area (Å²) < 4.78 is 0. The molecule has 0 saturated heterocycles. The maximum atomic E-state index is 6.38. The summed E-state index contributed by atoms with van der Waals surface area (Å²) in [5.41, 5.74) is 7.44. The molecule has 0 aliphatic rings. The molecular weight excluding hydrogens is 278 g/mol. The minimum atomic E-state index is 0.0932. The van der Waals surface area contributed by atoms with Gasteiger partial charge in [0.05, 0.1) is 11.7 Å². The van der Waals surface area contributed by atoms with Gasteiger partial charge in [0.15, 0.2) is 0 Å². The van der Waals surface area contributed by atoms with Crippen molar-refractivity contribution in [2.75, 3.05) is 7.05 Å². The van der Waals surface area contributed by atoms with Crippen LogP contribution in [0.25, 0.3) is 0 Å². The third kappa shape index (κ3) is 4.13. The minimum absolute atomic E-state index is 0.0932. The highest BCUT2D eigenvalue weighted by Gasteiger charge is 2.27. The number of nitrogens with zero attached hydrogens (tertiary/aromatic N) is 2. The van der Waals surface area contributed by atoms with Crippen molar-refractivity contribution in [1.82, 2.24) is 9.88 Å². The number of rotatable bonds is 7. The Morgan fingerprint density at radius 1 is 1.29 bits per heavy atom. The molecule has 0 aromatic carbocycles. The fraction of sp³-hybridized carbons (Fsp3) is 0.471. The van der Waals surface area contributed by atoms with Crippen LogP contribution in [0.1, 0.15) is 36.9 Å². The van der Waals surface area contributed by atoms with Crippen molar-refractivity contribution in [1.29, 1.82) is 0 Å². The molecule has 114 valence electrons. The molecule has 0 aliphatic carbocycles. The van der Waals surface area contributed by atoms with Gasteiger partial charge in [0.2, 0.25) is 0 Å². The highest BCUT2D eigenvalue weighted by atomic mass is 32.1. The van der Waals surface area contributed by atoms with Gasteiger partial charge in [-0.1, -0.05) is 19.1 Å². The summed E-state index contributed by atoms with van der Waals surface area (Å²) in [6.45, 7) is 4.40. The Labute approximate surface area is 131 Å². The first kappa shape index (κ1) is 16.1. The third-order valence-corrected chi connectivity index (χ3v) is 4.98. The largest absolute Gasteiger partial charge is 0.326 e. The van der Waals surface area contributed by atoms with Crippen LogP contribution in [0.4, 0.5) is 0 Å². The highest BCUT2D eigenvalue weighted by Crippen LogP contribution is 2.25. The average molecular weight is 303 g/mol. The van der Waals surface area contributed by atoms with E-state index >= 15 is 0 Å². The van der Waals surface area contributed by atoms with Crippen LogP contribution in [-0.2, 0) is 6.42 Å². The Kier molecular flexibility index (Phi) is 5.91. The van der Waals surface area contributed by atoms with Gasteiger partial charge in [-0.05, 0) is 50.4 Å². The van der Waals surface area contributed by atoms with E-state index in [1.807, 2.05) is 29.7 Å². The fourth-order valence-electron chi connectivity index (χ4n) is 2.64. The van der Waals surface area contributed by atoms with Crippen LogP contribution in [0.3, 0.4) is 0 Å². The smallest absolute Gasteiger partial charge is 0.0673 e. The summed E-state index contributed by atoms with van der Waals surface area (Å²) in [6.07, 6.45) is 3.84. The molecule has 0 bridgehead atoms. The monoisotopic (exact) mass is 303 g/mol. The predicted octanol–water partition coefficient (Wildman–Crippen LogP) is 3.48. The number of hydrogen-bond acceptors (Lipinski definition) is 4. The minimum Gasteiger partial charge on any atom is -0.326 e. The zero-order chi connectivity index (χ0) is 15.2. The quantitative estimate of drug-likeness (QED) is 0.851. The molecule has 2 heterocycles. The lowest BCUT2D eigenvalue weighted by atomic mass is 9.98. The maximum absolute atomic E-state index is 6.38. The molecule has 21 heavy (non-hydrogen) atoms. The van der Waals surface area contributed by atoms with E-state index in [9.17, 15) is 0 Å². The Balaban J connectivity index is 2.16. The van der Waals surface area contributed by atoms with E-state index in [-0.39, 0.29) is 12.1 Å². The van der Waals surface area contributed by atoms with Gasteiger partial charge < -0.3 is 5.73 Å². The maximum Gasteiger partial charge on any atom is 0.0673 e. The van der Waals surface area contributed by atoms with Gasteiger partial charge in [0, 0.05) is 23.2 Å². The average Bonchev–Trinajstić information content (AvgIpc) is 3.01. The van der Waals surface area contributed by atoms with Crippen molar-refractivity contribution in [2.45, 2.75) is 44.8 Å². The van der Waals surface area contributed by atoms with Crippen molar-refractivity contribution in [2.24, 2.45) is 5.73 Å². The first-order valence-electron chi connectivity index (χ1n) is 7.54. The summed E-state index contributed by atoms with van der Waals surface area (Å²) in [6, 6.07) is 11.1. The number of thiophene rings is 1. The van der Waals surface area contributed by atoms with Gasteiger partial charge in [0.25, 0.3) is 0 Å². The second kappa shape index (κ2) is 7.69. The molecular formula is C17H25N3S. The van der Waals surface area contributed by atoms with Crippen LogP contribution >= 0.6 is 11.3 Å². The Hall–Kier alpha value is -1.23. The number of aromatic nitrogens is 1. The summed E-state index contributed by atoms with van der Waals surface area (Å²) in [4.78, 5) is 8.32. The molecule has 2 aromatic heterocycles. The van der Waals surface area contributed by atoms with Crippen LogP contribution < -0.4 is 5.73 Å². The molecule has 0 radical (unpaired) electrons. The Morgan fingerprint density at radius 2 is 2.10 bits per heavy atom. The van der Waals surface area contributed by atoms with E-state index in [0.717, 1.165) is 18.5 Å². The second-order valence-electron chi connectivity index (χ2n) is 5.57. The Morgan fingerprint density at radius 3 is 2.67 bits per heavy atom. The summed E-state index contributed by atoms with van der Waals surface area (Å²) in [5.74, 6) is 0. The lowest BCUT2D eigenvalue weighted by Crippen LogP contribution is -2.44.